The van der Waals surface area contributed by atoms with Gasteiger partial charge in [0.05, 0.1) is 12.6 Å². The molecule has 6 heteroatoms. The fourth-order valence-electron chi connectivity index (χ4n) is 3.09. The summed E-state index contributed by atoms with van der Waals surface area (Å²) in [5.41, 5.74) is 0.938. The van der Waals surface area contributed by atoms with Gasteiger partial charge in [-0.3, -0.25) is 0 Å². The van der Waals surface area contributed by atoms with E-state index in [9.17, 15) is 0 Å². The Morgan fingerprint density at radius 1 is 0.917 bits per heavy atom. The molecule has 0 saturated carbocycles. The van der Waals surface area contributed by atoms with Crippen LogP contribution in [0.1, 0.15) is 0 Å². The lowest BCUT2D eigenvalue weighted by Gasteiger charge is -2.36. The number of hydrogen-bond acceptors (Lipinski definition) is 6. The van der Waals surface area contributed by atoms with Crippen molar-refractivity contribution >= 4 is 22.5 Å². The molecule has 3 aromatic rings. The number of benzene rings is 1. The monoisotopic (exact) mass is 321 g/mol. The Bertz CT molecular complexity index is 831. The summed E-state index contributed by atoms with van der Waals surface area (Å²) in [7, 11) is 1.68. The Morgan fingerprint density at radius 2 is 1.75 bits per heavy atom. The molecule has 1 aliphatic rings. The van der Waals surface area contributed by atoms with Crippen molar-refractivity contribution in [3.8, 4) is 5.75 Å². The molecule has 0 N–H and O–H groups in total. The highest BCUT2D eigenvalue weighted by Crippen LogP contribution is 2.27. The number of fused-ring (bicyclic) bond motifs is 1. The zero-order valence-electron chi connectivity index (χ0n) is 13.6. The van der Waals surface area contributed by atoms with Crippen molar-refractivity contribution in [2.24, 2.45) is 0 Å². The van der Waals surface area contributed by atoms with E-state index in [1.807, 2.05) is 36.5 Å². The van der Waals surface area contributed by atoms with Crippen molar-refractivity contribution < 1.29 is 4.74 Å². The first-order valence-electron chi connectivity index (χ1n) is 8.05. The Morgan fingerprint density at radius 3 is 2.50 bits per heavy atom. The van der Waals surface area contributed by atoms with Gasteiger partial charge in [-0.25, -0.2) is 15.0 Å². The second-order valence-electron chi connectivity index (χ2n) is 5.74. The molecule has 122 valence electrons. The average molecular weight is 321 g/mol. The highest BCUT2D eigenvalue weighted by Gasteiger charge is 2.20. The third-order valence-electron chi connectivity index (χ3n) is 4.37. The molecular weight excluding hydrogens is 302 g/mol. The molecule has 3 heterocycles. The topological polar surface area (TPSA) is 54.4 Å². The molecule has 1 aliphatic heterocycles. The van der Waals surface area contributed by atoms with Gasteiger partial charge in [0, 0.05) is 37.8 Å². The molecule has 6 nitrogen and oxygen atoms in total. The molecule has 24 heavy (non-hydrogen) atoms. The fourth-order valence-corrected chi connectivity index (χ4v) is 3.09. The third kappa shape index (κ3) is 2.71. The lowest BCUT2D eigenvalue weighted by atomic mass is 10.2. The van der Waals surface area contributed by atoms with Gasteiger partial charge in [0.25, 0.3) is 0 Å². The van der Waals surface area contributed by atoms with Crippen LogP contribution in [0.3, 0.4) is 0 Å². The Hall–Kier alpha value is -2.89. The van der Waals surface area contributed by atoms with Crippen LogP contribution < -0.4 is 14.5 Å². The SMILES string of the molecule is COc1ccc2ncnc(N3CCN(c4ccccn4)CC3)c2c1. The van der Waals surface area contributed by atoms with Gasteiger partial charge in [0.15, 0.2) is 0 Å². The normalized spacial score (nSPS) is 14.9. The predicted molar refractivity (Wildman–Crippen MR) is 94.8 cm³/mol. The van der Waals surface area contributed by atoms with E-state index in [-0.39, 0.29) is 0 Å². The van der Waals surface area contributed by atoms with Crippen LogP contribution in [0, 0.1) is 0 Å². The van der Waals surface area contributed by atoms with E-state index < -0.39 is 0 Å². The van der Waals surface area contributed by atoms with Crippen LogP contribution in [0.25, 0.3) is 10.9 Å². The maximum Gasteiger partial charge on any atom is 0.140 e. The summed E-state index contributed by atoms with van der Waals surface area (Å²) in [5, 5.41) is 1.03. The van der Waals surface area contributed by atoms with E-state index in [2.05, 4.69) is 30.8 Å². The zero-order chi connectivity index (χ0) is 16.4. The van der Waals surface area contributed by atoms with Crippen LogP contribution in [-0.2, 0) is 0 Å². The Kier molecular flexibility index (Phi) is 3.86. The van der Waals surface area contributed by atoms with Crippen LogP contribution in [-0.4, -0.2) is 48.2 Å². The van der Waals surface area contributed by atoms with Gasteiger partial charge in [-0.1, -0.05) is 6.07 Å². The summed E-state index contributed by atoms with van der Waals surface area (Å²) >= 11 is 0. The molecular formula is C18H19N5O. The first-order valence-corrected chi connectivity index (χ1v) is 8.05. The molecule has 1 aromatic carbocycles. The fraction of sp³-hybridized carbons (Fsp3) is 0.278. The Labute approximate surface area is 140 Å². The van der Waals surface area contributed by atoms with E-state index in [0.29, 0.717) is 0 Å². The van der Waals surface area contributed by atoms with Crippen LogP contribution >= 0.6 is 0 Å². The minimum atomic E-state index is 0.825. The average Bonchev–Trinajstić information content (AvgIpc) is 2.68. The maximum absolute atomic E-state index is 5.35. The number of piperazine rings is 1. The van der Waals surface area contributed by atoms with Gasteiger partial charge in [-0.05, 0) is 30.3 Å². The van der Waals surface area contributed by atoms with Crippen LogP contribution in [0.4, 0.5) is 11.6 Å². The lowest BCUT2D eigenvalue weighted by Crippen LogP contribution is -2.47. The molecule has 0 atom stereocenters. The number of anilines is 2. The highest BCUT2D eigenvalue weighted by atomic mass is 16.5. The molecule has 1 saturated heterocycles. The summed E-state index contributed by atoms with van der Waals surface area (Å²) in [6.07, 6.45) is 3.47. The van der Waals surface area contributed by atoms with E-state index in [1.165, 1.54) is 0 Å². The summed E-state index contributed by atoms with van der Waals surface area (Å²) in [6.45, 7) is 3.65. The minimum Gasteiger partial charge on any atom is -0.497 e. The largest absolute Gasteiger partial charge is 0.497 e. The van der Waals surface area contributed by atoms with Gasteiger partial charge in [0.2, 0.25) is 0 Å². The van der Waals surface area contributed by atoms with Crippen LogP contribution in [0.2, 0.25) is 0 Å². The van der Waals surface area contributed by atoms with Gasteiger partial charge in [-0.15, -0.1) is 0 Å². The highest BCUT2D eigenvalue weighted by molar-refractivity contribution is 5.90. The summed E-state index contributed by atoms with van der Waals surface area (Å²) in [6, 6.07) is 11.9. The molecule has 0 aliphatic carbocycles. The molecule has 0 amide bonds. The smallest absolute Gasteiger partial charge is 0.140 e. The third-order valence-corrected chi connectivity index (χ3v) is 4.37. The van der Waals surface area contributed by atoms with Gasteiger partial charge >= 0.3 is 0 Å². The number of aromatic nitrogens is 3. The second-order valence-corrected chi connectivity index (χ2v) is 5.74. The Balaban J connectivity index is 1.58. The lowest BCUT2D eigenvalue weighted by molar-refractivity contribution is 0.415. The molecule has 0 radical (unpaired) electrons. The molecule has 0 spiro atoms. The maximum atomic E-state index is 5.35. The van der Waals surface area contributed by atoms with Crippen molar-refractivity contribution in [1.29, 1.82) is 0 Å². The van der Waals surface area contributed by atoms with Gasteiger partial charge in [0.1, 0.15) is 23.7 Å². The summed E-state index contributed by atoms with van der Waals surface area (Å²) in [5.74, 6) is 2.83. The van der Waals surface area contributed by atoms with Gasteiger partial charge in [-0.2, -0.15) is 0 Å². The zero-order valence-corrected chi connectivity index (χ0v) is 13.6. The predicted octanol–water partition coefficient (Wildman–Crippen LogP) is 2.36. The van der Waals surface area contributed by atoms with Crippen molar-refractivity contribution in [1.82, 2.24) is 15.0 Å². The van der Waals surface area contributed by atoms with Crippen LogP contribution in [0.15, 0.2) is 48.9 Å². The number of nitrogens with zero attached hydrogens (tertiary/aromatic N) is 5. The second kappa shape index (κ2) is 6.31. The number of ether oxygens (including phenoxy) is 1. The van der Waals surface area contributed by atoms with Crippen molar-refractivity contribution in [3.63, 3.8) is 0 Å². The molecule has 0 unspecified atom stereocenters. The minimum absolute atomic E-state index is 0.825. The first-order chi connectivity index (χ1) is 11.8. The van der Waals surface area contributed by atoms with Crippen molar-refractivity contribution in [2.75, 3.05) is 43.1 Å². The quantitative estimate of drug-likeness (QED) is 0.738. The van der Waals surface area contributed by atoms with Gasteiger partial charge < -0.3 is 14.5 Å². The number of rotatable bonds is 3. The molecule has 1 fully saturated rings. The number of pyridine rings is 1. The number of methoxy groups -OCH3 is 1. The first kappa shape index (κ1) is 14.7. The van der Waals surface area contributed by atoms with Crippen molar-refractivity contribution in [3.05, 3.63) is 48.9 Å². The summed E-state index contributed by atoms with van der Waals surface area (Å²) in [4.78, 5) is 17.9. The van der Waals surface area contributed by atoms with Crippen molar-refractivity contribution in [2.45, 2.75) is 0 Å². The van der Waals surface area contributed by atoms with E-state index >= 15 is 0 Å². The van der Waals surface area contributed by atoms with E-state index in [0.717, 1.165) is 54.5 Å². The van der Waals surface area contributed by atoms with E-state index in [4.69, 9.17) is 4.74 Å². The molecule has 0 bridgehead atoms. The van der Waals surface area contributed by atoms with Crippen LogP contribution in [0.5, 0.6) is 5.75 Å². The molecule has 4 rings (SSSR count). The standard InChI is InChI=1S/C18H19N5O/c1-24-14-5-6-16-15(12-14)18(21-13-20-16)23-10-8-22(9-11-23)17-4-2-3-7-19-17/h2-7,12-13H,8-11H2,1H3. The molecule has 2 aromatic heterocycles. The summed E-state index contributed by atoms with van der Waals surface area (Å²) < 4.78 is 5.35. The number of hydrogen-bond donors (Lipinski definition) is 0. The van der Waals surface area contributed by atoms with E-state index in [1.54, 1.807) is 13.4 Å².